The van der Waals surface area contributed by atoms with Crippen LogP contribution in [0.25, 0.3) is 11.1 Å². The van der Waals surface area contributed by atoms with E-state index in [4.69, 9.17) is 0 Å². The first-order chi connectivity index (χ1) is 9.69. The highest BCUT2D eigenvalue weighted by Crippen LogP contribution is 2.26. The van der Waals surface area contributed by atoms with Crippen molar-refractivity contribution in [1.29, 1.82) is 0 Å². The van der Waals surface area contributed by atoms with E-state index in [0.29, 0.717) is 11.1 Å². The molecule has 0 saturated heterocycles. The molecular formula is C16H12O5. The van der Waals surface area contributed by atoms with Gasteiger partial charge in [-0.05, 0) is 11.1 Å². The zero-order chi connectivity index (χ0) is 14.5. The van der Waals surface area contributed by atoms with Gasteiger partial charge in [0.05, 0.1) is 0 Å². The minimum Gasteiger partial charge on any atom is -0.412 e. The van der Waals surface area contributed by atoms with Crippen molar-refractivity contribution in [3.8, 4) is 11.1 Å². The number of hydrogen-bond acceptors (Lipinski definition) is 4. The zero-order valence-electron chi connectivity index (χ0n) is 10.9. The Morgan fingerprint density at radius 2 is 1.38 bits per heavy atom. The summed E-state index contributed by atoms with van der Waals surface area (Å²) in [6, 6.07) is 13.4. The summed E-state index contributed by atoms with van der Waals surface area (Å²) in [5.74, 6) is -1.65. The van der Waals surface area contributed by atoms with Crippen molar-refractivity contribution < 1.29 is 24.7 Å². The maximum absolute atomic E-state index is 11.8. The van der Waals surface area contributed by atoms with Crippen molar-refractivity contribution in [1.82, 2.24) is 0 Å². The third-order valence-corrected chi connectivity index (χ3v) is 2.88. The number of Topliss-reactive ketones (excluding diaryl/α,β-unsaturated/α-hetero) is 2. The van der Waals surface area contributed by atoms with E-state index >= 15 is 0 Å². The van der Waals surface area contributed by atoms with E-state index in [1.54, 1.807) is 36.4 Å². The average molecular weight is 284 g/mol. The fraction of sp³-hybridized carbons (Fsp3) is 0. The summed E-state index contributed by atoms with van der Waals surface area (Å²) in [5.41, 5.74) is 1.05. The van der Waals surface area contributed by atoms with Crippen molar-refractivity contribution in [3.63, 3.8) is 0 Å². The van der Waals surface area contributed by atoms with Crippen LogP contribution in [0.2, 0.25) is 0 Å². The van der Waals surface area contributed by atoms with Gasteiger partial charge in [0.2, 0.25) is 11.6 Å². The van der Waals surface area contributed by atoms with Crippen molar-refractivity contribution in [2.45, 2.75) is 0 Å². The monoisotopic (exact) mass is 284 g/mol. The Morgan fingerprint density at radius 3 is 1.95 bits per heavy atom. The molecule has 0 aliphatic rings. The summed E-state index contributed by atoms with van der Waals surface area (Å²) in [4.78, 5) is 44.9. The van der Waals surface area contributed by atoms with Crippen LogP contribution in [0.15, 0.2) is 48.5 Å². The minimum atomic E-state index is -0.826. The van der Waals surface area contributed by atoms with Gasteiger partial charge >= 0.3 is 0 Å². The van der Waals surface area contributed by atoms with Crippen LogP contribution in [0.3, 0.4) is 0 Å². The topological polar surface area (TPSA) is 99.8 Å². The van der Waals surface area contributed by atoms with E-state index in [9.17, 15) is 19.2 Å². The van der Waals surface area contributed by atoms with E-state index in [2.05, 4.69) is 0 Å². The van der Waals surface area contributed by atoms with Crippen LogP contribution in [0.1, 0.15) is 20.7 Å². The van der Waals surface area contributed by atoms with Gasteiger partial charge in [-0.15, -0.1) is 0 Å². The smallest absolute Gasteiger partial charge is 0.226 e. The van der Waals surface area contributed by atoms with E-state index in [-0.39, 0.29) is 29.2 Å². The van der Waals surface area contributed by atoms with E-state index in [1.807, 2.05) is 6.07 Å². The normalized spacial score (nSPS) is 9.33. The largest absolute Gasteiger partial charge is 0.412 e. The van der Waals surface area contributed by atoms with Crippen LogP contribution in [-0.2, 0) is 9.59 Å². The van der Waals surface area contributed by atoms with Gasteiger partial charge in [0.15, 0.2) is 12.6 Å². The van der Waals surface area contributed by atoms with E-state index in [1.165, 1.54) is 6.07 Å². The SMILES string of the molecule is O.O=CC(=O)c1cccc(-c2ccccc2)c1C(=O)C=O. The third-order valence-electron chi connectivity index (χ3n) is 2.88. The maximum atomic E-state index is 11.8. The van der Waals surface area contributed by atoms with Crippen LogP contribution in [-0.4, -0.2) is 29.6 Å². The lowest BCUT2D eigenvalue weighted by Gasteiger charge is -2.10. The standard InChI is InChI=1S/C16H10O4.H2O/c17-9-14(19)13-8-4-7-12(16(13)15(20)10-18)11-5-2-1-3-6-11;/h1-10H;1H2. The van der Waals surface area contributed by atoms with Crippen molar-refractivity contribution in [2.75, 3.05) is 0 Å². The van der Waals surface area contributed by atoms with Crippen LogP contribution in [0.5, 0.6) is 0 Å². The van der Waals surface area contributed by atoms with Gasteiger partial charge in [0.25, 0.3) is 0 Å². The van der Waals surface area contributed by atoms with Crippen molar-refractivity contribution >= 4 is 24.1 Å². The quantitative estimate of drug-likeness (QED) is 0.469. The van der Waals surface area contributed by atoms with Gasteiger partial charge in [-0.1, -0.05) is 48.5 Å². The molecule has 0 fully saturated rings. The number of benzene rings is 2. The molecule has 0 spiro atoms. The molecule has 0 unspecified atom stereocenters. The van der Waals surface area contributed by atoms with Crippen LogP contribution in [0.4, 0.5) is 0 Å². The number of ketones is 2. The summed E-state index contributed by atoms with van der Waals surface area (Å²) < 4.78 is 0. The number of rotatable bonds is 5. The summed E-state index contributed by atoms with van der Waals surface area (Å²) in [6.07, 6.45) is 0.273. The molecule has 2 aromatic carbocycles. The van der Waals surface area contributed by atoms with Crippen LogP contribution >= 0.6 is 0 Å². The Labute approximate surface area is 120 Å². The predicted molar refractivity (Wildman–Crippen MR) is 76.3 cm³/mol. The highest BCUT2D eigenvalue weighted by atomic mass is 16.2. The fourth-order valence-corrected chi connectivity index (χ4v) is 2.00. The summed E-state index contributed by atoms with van der Waals surface area (Å²) in [7, 11) is 0. The molecule has 5 heteroatoms. The lowest BCUT2D eigenvalue weighted by atomic mass is 9.91. The molecule has 0 bridgehead atoms. The molecule has 2 aromatic rings. The van der Waals surface area contributed by atoms with E-state index in [0.717, 1.165) is 0 Å². The summed E-state index contributed by atoms with van der Waals surface area (Å²) in [6.45, 7) is 0. The molecule has 106 valence electrons. The Kier molecular flexibility index (Phi) is 5.39. The number of carbonyl (C=O) groups is 4. The minimum absolute atomic E-state index is 0. The predicted octanol–water partition coefficient (Wildman–Crippen LogP) is 1.29. The molecule has 0 atom stereocenters. The third kappa shape index (κ3) is 3.16. The van der Waals surface area contributed by atoms with Crippen LogP contribution in [0, 0.1) is 0 Å². The van der Waals surface area contributed by atoms with Gasteiger partial charge < -0.3 is 5.48 Å². The molecule has 0 aliphatic heterocycles. The molecule has 0 radical (unpaired) electrons. The fourth-order valence-electron chi connectivity index (χ4n) is 2.00. The summed E-state index contributed by atoms with van der Waals surface area (Å²) >= 11 is 0. The first kappa shape index (κ1) is 16.1. The molecule has 0 aliphatic carbocycles. The van der Waals surface area contributed by atoms with Crippen molar-refractivity contribution in [2.24, 2.45) is 0 Å². The number of hydrogen-bond donors (Lipinski definition) is 0. The Balaban J connectivity index is 0.00000220. The molecule has 0 amide bonds. The molecule has 5 nitrogen and oxygen atoms in total. The first-order valence-electron chi connectivity index (χ1n) is 5.86. The van der Waals surface area contributed by atoms with Crippen molar-refractivity contribution in [3.05, 3.63) is 59.7 Å². The highest BCUT2D eigenvalue weighted by molar-refractivity contribution is 6.42. The molecule has 0 heterocycles. The highest BCUT2D eigenvalue weighted by Gasteiger charge is 2.20. The van der Waals surface area contributed by atoms with Gasteiger partial charge in [-0.2, -0.15) is 0 Å². The zero-order valence-corrected chi connectivity index (χ0v) is 10.9. The Hall–Kier alpha value is -2.92. The molecular weight excluding hydrogens is 272 g/mol. The number of aldehydes is 2. The maximum Gasteiger partial charge on any atom is 0.226 e. The van der Waals surface area contributed by atoms with Gasteiger partial charge in [-0.25, -0.2) is 0 Å². The van der Waals surface area contributed by atoms with E-state index < -0.39 is 11.6 Å². The van der Waals surface area contributed by atoms with Gasteiger partial charge in [0.1, 0.15) is 0 Å². The summed E-state index contributed by atoms with van der Waals surface area (Å²) in [5, 5.41) is 0. The van der Waals surface area contributed by atoms with Crippen LogP contribution < -0.4 is 0 Å². The molecule has 0 aromatic heterocycles. The average Bonchev–Trinajstić information content (AvgIpc) is 2.53. The second-order valence-corrected chi connectivity index (χ2v) is 4.06. The first-order valence-corrected chi connectivity index (χ1v) is 5.86. The molecule has 21 heavy (non-hydrogen) atoms. The molecule has 0 saturated carbocycles. The lowest BCUT2D eigenvalue weighted by molar-refractivity contribution is -0.105. The molecule has 2 rings (SSSR count). The Bertz CT molecular complexity index is 689. The van der Waals surface area contributed by atoms with Gasteiger partial charge in [0, 0.05) is 11.1 Å². The second-order valence-electron chi connectivity index (χ2n) is 4.06. The lowest BCUT2D eigenvalue weighted by Crippen LogP contribution is -2.12. The Morgan fingerprint density at radius 1 is 0.762 bits per heavy atom. The molecule has 2 N–H and O–H groups in total. The number of carbonyl (C=O) groups excluding carboxylic acids is 4. The van der Waals surface area contributed by atoms with Gasteiger partial charge in [-0.3, -0.25) is 19.2 Å². The second kappa shape index (κ2) is 7.02.